The smallest absolute Gasteiger partial charge is 0.123 e. The minimum atomic E-state index is 0.233. The maximum atomic E-state index is 6.03. The van der Waals surface area contributed by atoms with Gasteiger partial charge in [0.15, 0.2) is 0 Å². The Morgan fingerprint density at radius 1 is 1.24 bits per heavy atom. The number of ether oxygens (including phenoxy) is 1. The first-order valence-corrected chi connectivity index (χ1v) is 7.40. The second-order valence-corrected chi connectivity index (χ2v) is 5.95. The summed E-state index contributed by atoms with van der Waals surface area (Å²) in [7, 11) is 2.12. The largest absolute Gasteiger partial charge is 0.488 e. The Morgan fingerprint density at radius 2 is 2.05 bits per heavy atom. The molecule has 1 heterocycles. The van der Waals surface area contributed by atoms with Gasteiger partial charge in [0.1, 0.15) is 11.9 Å². The van der Waals surface area contributed by atoms with Gasteiger partial charge in [-0.25, -0.2) is 0 Å². The molecule has 1 atom stereocenters. The molecule has 3 heteroatoms. The van der Waals surface area contributed by atoms with Crippen molar-refractivity contribution in [1.82, 2.24) is 4.90 Å². The summed E-state index contributed by atoms with van der Waals surface area (Å²) >= 11 is 0. The van der Waals surface area contributed by atoms with E-state index in [9.17, 15) is 0 Å². The van der Waals surface area contributed by atoms with E-state index in [4.69, 9.17) is 10.5 Å². The Kier molecular flexibility index (Phi) is 3.84. The molecule has 0 fully saturated rings. The quantitative estimate of drug-likeness (QED) is 0.876. The highest BCUT2D eigenvalue weighted by atomic mass is 16.5. The van der Waals surface area contributed by atoms with Gasteiger partial charge in [-0.1, -0.05) is 35.9 Å². The highest BCUT2D eigenvalue weighted by Crippen LogP contribution is 2.29. The zero-order chi connectivity index (χ0) is 14.8. The molecule has 0 saturated carbocycles. The fourth-order valence-electron chi connectivity index (χ4n) is 2.93. The number of nitrogen functional groups attached to an aromatic ring is 1. The third-order valence-corrected chi connectivity index (χ3v) is 3.97. The van der Waals surface area contributed by atoms with Crippen molar-refractivity contribution in [3.05, 3.63) is 59.2 Å². The molecule has 3 nitrogen and oxygen atoms in total. The first-order valence-electron chi connectivity index (χ1n) is 7.40. The van der Waals surface area contributed by atoms with E-state index in [1.807, 2.05) is 18.2 Å². The van der Waals surface area contributed by atoms with Gasteiger partial charge in [-0.15, -0.1) is 0 Å². The molecule has 0 amide bonds. The van der Waals surface area contributed by atoms with E-state index in [0.29, 0.717) is 0 Å². The van der Waals surface area contributed by atoms with Gasteiger partial charge < -0.3 is 10.5 Å². The molecule has 0 aliphatic carbocycles. The second-order valence-electron chi connectivity index (χ2n) is 5.95. The van der Waals surface area contributed by atoms with Crippen molar-refractivity contribution in [3.63, 3.8) is 0 Å². The van der Waals surface area contributed by atoms with Crippen LogP contribution in [0.15, 0.2) is 42.5 Å². The molecule has 1 aliphatic rings. The molecule has 2 aromatic rings. The summed E-state index contributed by atoms with van der Waals surface area (Å²) in [5, 5.41) is 0. The number of aryl methyl sites for hydroxylation is 1. The van der Waals surface area contributed by atoms with Crippen LogP contribution in [0.5, 0.6) is 5.75 Å². The van der Waals surface area contributed by atoms with Crippen molar-refractivity contribution in [1.29, 1.82) is 0 Å². The van der Waals surface area contributed by atoms with Crippen LogP contribution in [-0.2, 0) is 13.0 Å². The zero-order valence-electron chi connectivity index (χ0n) is 12.7. The predicted molar refractivity (Wildman–Crippen MR) is 86.5 cm³/mol. The Bertz CT molecular complexity index is 639. The van der Waals surface area contributed by atoms with E-state index in [1.54, 1.807) is 0 Å². The summed E-state index contributed by atoms with van der Waals surface area (Å²) < 4.78 is 6.03. The number of fused-ring (bicyclic) bond motifs is 1. The van der Waals surface area contributed by atoms with Crippen LogP contribution in [0.25, 0.3) is 0 Å². The summed E-state index contributed by atoms with van der Waals surface area (Å²) in [4.78, 5) is 2.27. The highest BCUT2D eigenvalue weighted by Gasteiger charge is 2.24. The van der Waals surface area contributed by atoms with Crippen molar-refractivity contribution in [2.24, 2.45) is 0 Å². The van der Waals surface area contributed by atoms with Crippen LogP contribution >= 0.6 is 0 Å². The molecule has 3 rings (SSSR count). The maximum absolute atomic E-state index is 6.03. The Morgan fingerprint density at radius 3 is 2.86 bits per heavy atom. The van der Waals surface area contributed by atoms with Gasteiger partial charge in [0, 0.05) is 25.2 Å². The molecule has 1 aliphatic heterocycles. The third-order valence-electron chi connectivity index (χ3n) is 3.97. The summed E-state index contributed by atoms with van der Waals surface area (Å²) in [6.45, 7) is 3.88. The molecule has 2 N–H and O–H groups in total. The molecule has 0 bridgehead atoms. The number of para-hydroxylation sites is 1. The van der Waals surface area contributed by atoms with E-state index in [0.717, 1.165) is 30.9 Å². The van der Waals surface area contributed by atoms with Gasteiger partial charge in [0.25, 0.3) is 0 Å². The predicted octanol–water partition coefficient (Wildman–Crippen LogP) is 3.01. The van der Waals surface area contributed by atoms with E-state index in [1.165, 1.54) is 16.7 Å². The Balaban J connectivity index is 1.60. The van der Waals surface area contributed by atoms with Crippen LogP contribution in [0.1, 0.15) is 16.7 Å². The molecule has 110 valence electrons. The monoisotopic (exact) mass is 282 g/mol. The minimum absolute atomic E-state index is 0.233. The van der Waals surface area contributed by atoms with Crippen molar-refractivity contribution in [3.8, 4) is 5.75 Å². The van der Waals surface area contributed by atoms with E-state index in [2.05, 4.69) is 43.1 Å². The standard InChI is InChI=1S/C18H22N2O/c1-13-7-8-18-15(9-13)10-16(21-18)12-20(2)11-14-5-3-4-6-17(14)19/h3-9,16H,10-12,19H2,1-2H3. The molecule has 1 unspecified atom stereocenters. The second kappa shape index (κ2) is 5.78. The number of benzene rings is 2. The number of nitrogens with zero attached hydrogens (tertiary/aromatic N) is 1. The molecule has 2 aromatic carbocycles. The number of hydrogen-bond acceptors (Lipinski definition) is 3. The van der Waals surface area contributed by atoms with E-state index >= 15 is 0 Å². The van der Waals surface area contributed by atoms with Gasteiger partial charge in [-0.3, -0.25) is 4.90 Å². The first kappa shape index (κ1) is 14.0. The third kappa shape index (κ3) is 3.19. The number of rotatable bonds is 4. The highest BCUT2D eigenvalue weighted by molar-refractivity contribution is 5.46. The first-order chi connectivity index (χ1) is 10.1. The van der Waals surface area contributed by atoms with Gasteiger partial charge >= 0.3 is 0 Å². The average Bonchev–Trinajstić information content (AvgIpc) is 2.82. The Hall–Kier alpha value is -2.00. The van der Waals surface area contributed by atoms with Crippen molar-refractivity contribution < 1.29 is 4.74 Å². The summed E-state index contributed by atoms with van der Waals surface area (Å²) in [6.07, 6.45) is 1.22. The fraction of sp³-hybridized carbons (Fsp3) is 0.333. The van der Waals surface area contributed by atoms with Crippen LogP contribution in [0, 0.1) is 6.92 Å². The minimum Gasteiger partial charge on any atom is -0.488 e. The van der Waals surface area contributed by atoms with Gasteiger partial charge in [0.05, 0.1) is 0 Å². The number of nitrogens with two attached hydrogens (primary N) is 1. The number of hydrogen-bond donors (Lipinski definition) is 1. The van der Waals surface area contributed by atoms with Crippen LogP contribution < -0.4 is 10.5 Å². The maximum Gasteiger partial charge on any atom is 0.123 e. The summed E-state index contributed by atoms with van der Waals surface area (Å²) in [5.74, 6) is 1.04. The van der Waals surface area contributed by atoms with Crippen molar-refractivity contribution in [2.75, 3.05) is 19.3 Å². The summed E-state index contributed by atoms with van der Waals surface area (Å²) in [5.41, 5.74) is 10.7. The van der Waals surface area contributed by atoms with Crippen LogP contribution in [0.3, 0.4) is 0 Å². The molecule has 0 radical (unpaired) electrons. The molecule has 21 heavy (non-hydrogen) atoms. The van der Waals surface area contributed by atoms with E-state index < -0.39 is 0 Å². The lowest BCUT2D eigenvalue weighted by Gasteiger charge is -2.21. The van der Waals surface area contributed by atoms with Gasteiger partial charge in [-0.2, -0.15) is 0 Å². The normalized spacial score (nSPS) is 16.8. The average molecular weight is 282 g/mol. The fourth-order valence-corrected chi connectivity index (χ4v) is 2.93. The Labute approximate surface area is 126 Å². The molecule has 0 aromatic heterocycles. The zero-order valence-corrected chi connectivity index (χ0v) is 12.7. The van der Waals surface area contributed by atoms with Crippen LogP contribution in [-0.4, -0.2) is 24.6 Å². The topological polar surface area (TPSA) is 38.5 Å². The number of anilines is 1. The van der Waals surface area contributed by atoms with Crippen LogP contribution in [0.4, 0.5) is 5.69 Å². The van der Waals surface area contributed by atoms with Gasteiger partial charge in [-0.05, 0) is 37.2 Å². The summed E-state index contributed by atoms with van der Waals surface area (Å²) in [6, 6.07) is 14.5. The lowest BCUT2D eigenvalue weighted by molar-refractivity contribution is 0.165. The van der Waals surface area contributed by atoms with Crippen molar-refractivity contribution in [2.45, 2.75) is 26.0 Å². The number of likely N-dealkylation sites (N-methyl/N-ethyl adjacent to an activating group) is 1. The molecular weight excluding hydrogens is 260 g/mol. The lowest BCUT2D eigenvalue weighted by atomic mass is 10.1. The molecule has 0 spiro atoms. The lowest BCUT2D eigenvalue weighted by Crippen LogP contribution is -2.31. The van der Waals surface area contributed by atoms with Crippen molar-refractivity contribution >= 4 is 5.69 Å². The SMILES string of the molecule is Cc1ccc2c(c1)CC(CN(C)Cc1ccccc1N)O2. The van der Waals surface area contributed by atoms with Crippen LogP contribution in [0.2, 0.25) is 0 Å². The molecular formula is C18H22N2O. The molecule has 0 saturated heterocycles. The van der Waals surface area contributed by atoms with Gasteiger partial charge in [0.2, 0.25) is 0 Å². The van der Waals surface area contributed by atoms with E-state index in [-0.39, 0.29) is 6.10 Å².